The van der Waals surface area contributed by atoms with Crippen molar-refractivity contribution in [2.75, 3.05) is 31.1 Å². The molecule has 1 aliphatic heterocycles. The highest BCUT2D eigenvalue weighted by Crippen LogP contribution is 2.30. The maximum atomic E-state index is 12.7. The van der Waals surface area contributed by atoms with Crippen LogP contribution in [-0.2, 0) is 0 Å². The summed E-state index contributed by atoms with van der Waals surface area (Å²) >= 11 is 0. The van der Waals surface area contributed by atoms with E-state index in [4.69, 9.17) is 0 Å². The van der Waals surface area contributed by atoms with Gasteiger partial charge in [0, 0.05) is 43.4 Å². The van der Waals surface area contributed by atoms with Crippen molar-refractivity contribution < 1.29 is 19.6 Å². The number of benzene rings is 2. The topological polar surface area (TPSA) is 113 Å². The Kier molecular flexibility index (Phi) is 4.94. The Labute approximate surface area is 149 Å². The molecule has 26 heavy (non-hydrogen) atoms. The minimum Gasteiger partial charge on any atom is -0.478 e. The number of aromatic carboxylic acids is 1. The number of hydrogen-bond donors (Lipinski definition) is 2. The molecule has 0 unspecified atom stereocenters. The van der Waals surface area contributed by atoms with Gasteiger partial charge in [-0.15, -0.1) is 0 Å². The van der Waals surface area contributed by atoms with Gasteiger partial charge in [0.05, 0.1) is 10.5 Å². The molecule has 0 radical (unpaired) electrons. The Morgan fingerprint density at radius 2 is 1.73 bits per heavy atom. The lowest BCUT2D eigenvalue weighted by atomic mass is 9.97. The minimum atomic E-state index is -1.22. The number of rotatable bonds is 5. The summed E-state index contributed by atoms with van der Waals surface area (Å²) in [6.45, 7) is 2.72. The van der Waals surface area contributed by atoms with E-state index < -0.39 is 16.7 Å². The molecule has 1 heterocycles. The van der Waals surface area contributed by atoms with E-state index in [9.17, 15) is 24.8 Å². The van der Waals surface area contributed by atoms with E-state index in [1.807, 2.05) is 4.90 Å². The van der Waals surface area contributed by atoms with Crippen LogP contribution in [0.5, 0.6) is 0 Å². The molecule has 3 rings (SSSR count). The lowest BCUT2D eigenvalue weighted by molar-refractivity contribution is -0.384. The van der Waals surface area contributed by atoms with Gasteiger partial charge in [-0.2, -0.15) is 0 Å². The molecule has 0 aliphatic carbocycles. The summed E-state index contributed by atoms with van der Waals surface area (Å²) in [7, 11) is 0. The molecule has 2 aromatic rings. The molecule has 2 N–H and O–H groups in total. The van der Waals surface area contributed by atoms with Gasteiger partial charge in [0.1, 0.15) is 5.69 Å². The van der Waals surface area contributed by atoms with Crippen molar-refractivity contribution in [1.29, 1.82) is 0 Å². The summed E-state index contributed by atoms with van der Waals surface area (Å²) < 4.78 is 0. The Morgan fingerprint density at radius 3 is 2.35 bits per heavy atom. The van der Waals surface area contributed by atoms with Gasteiger partial charge in [-0.1, -0.05) is 18.2 Å². The van der Waals surface area contributed by atoms with Crippen LogP contribution in [0.2, 0.25) is 0 Å². The van der Waals surface area contributed by atoms with Crippen LogP contribution in [0.1, 0.15) is 26.3 Å². The van der Waals surface area contributed by atoms with Crippen molar-refractivity contribution in [3.8, 4) is 0 Å². The number of carbonyl (C=O) groups is 2. The Hall–Kier alpha value is -3.26. The molecule has 0 bridgehead atoms. The van der Waals surface area contributed by atoms with Crippen LogP contribution in [0.25, 0.3) is 0 Å². The first-order valence-corrected chi connectivity index (χ1v) is 8.10. The van der Waals surface area contributed by atoms with Gasteiger partial charge in [0.15, 0.2) is 5.78 Å². The van der Waals surface area contributed by atoms with Crippen molar-refractivity contribution in [2.45, 2.75) is 0 Å². The minimum absolute atomic E-state index is 0.00391. The third kappa shape index (κ3) is 3.40. The molecule has 0 aromatic heterocycles. The summed E-state index contributed by atoms with van der Waals surface area (Å²) in [5, 5.41) is 23.9. The number of nitrogens with one attached hydrogen (secondary N) is 1. The van der Waals surface area contributed by atoms with Gasteiger partial charge >= 0.3 is 5.97 Å². The standard InChI is InChI=1S/C18H17N3O5/c22-17(13-3-1-2-4-14(13)18(23)24)12-5-6-15(16(11-12)21(25)26)20-9-7-19-8-10-20/h1-6,11,19H,7-10H2,(H,23,24). The quantitative estimate of drug-likeness (QED) is 0.479. The fraction of sp³-hybridized carbons (Fsp3) is 0.222. The first-order chi connectivity index (χ1) is 12.5. The maximum Gasteiger partial charge on any atom is 0.336 e. The first-order valence-electron chi connectivity index (χ1n) is 8.10. The smallest absolute Gasteiger partial charge is 0.336 e. The monoisotopic (exact) mass is 355 g/mol. The molecule has 0 spiro atoms. The van der Waals surface area contributed by atoms with Crippen LogP contribution in [-0.4, -0.2) is 48.0 Å². The van der Waals surface area contributed by atoms with Crippen LogP contribution in [0, 0.1) is 10.1 Å². The second-order valence-corrected chi connectivity index (χ2v) is 5.88. The molecule has 1 aliphatic rings. The second-order valence-electron chi connectivity index (χ2n) is 5.88. The molecular weight excluding hydrogens is 338 g/mol. The number of carboxylic acid groups (broad SMARTS) is 1. The van der Waals surface area contributed by atoms with E-state index in [2.05, 4.69) is 5.32 Å². The lowest BCUT2D eigenvalue weighted by Crippen LogP contribution is -2.43. The maximum absolute atomic E-state index is 12.7. The number of carbonyl (C=O) groups excluding carboxylic acids is 1. The lowest BCUT2D eigenvalue weighted by Gasteiger charge is -2.29. The van der Waals surface area contributed by atoms with Crippen molar-refractivity contribution in [3.05, 3.63) is 69.3 Å². The Bertz CT molecular complexity index is 875. The van der Waals surface area contributed by atoms with Crippen LogP contribution in [0.15, 0.2) is 42.5 Å². The second kappa shape index (κ2) is 7.32. The van der Waals surface area contributed by atoms with Crippen molar-refractivity contribution in [2.24, 2.45) is 0 Å². The summed E-state index contributed by atoms with van der Waals surface area (Å²) in [5.41, 5.74) is 0.255. The molecule has 0 saturated carbocycles. The van der Waals surface area contributed by atoms with Gasteiger partial charge in [-0.05, 0) is 18.2 Å². The summed E-state index contributed by atoms with van der Waals surface area (Å²) in [4.78, 5) is 36.9. The van der Waals surface area contributed by atoms with Crippen LogP contribution < -0.4 is 10.2 Å². The highest BCUT2D eigenvalue weighted by Gasteiger charge is 2.24. The van der Waals surface area contributed by atoms with E-state index >= 15 is 0 Å². The van der Waals surface area contributed by atoms with E-state index in [-0.39, 0.29) is 22.4 Å². The zero-order valence-electron chi connectivity index (χ0n) is 13.8. The molecule has 2 aromatic carbocycles. The third-order valence-electron chi connectivity index (χ3n) is 4.29. The number of piperazine rings is 1. The predicted molar refractivity (Wildman–Crippen MR) is 95.0 cm³/mol. The largest absolute Gasteiger partial charge is 0.478 e. The van der Waals surface area contributed by atoms with Crippen molar-refractivity contribution >= 4 is 23.1 Å². The average Bonchev–Trinajstić information content (AvgIpc) is 2.67. The first kappa shape index (κ1) is 17.6. The van der Waals surface area contributed by atoms with Crippen molar-refractivity contribution in [3.63, 3.8) is 0 Å². The predicted octanol–water partition coefficient (Wildman–Crippen LogP) is 1.93. The van der Waals surface area contributed by atoms with E-state index in [0.717, 1.165) is 13.1 Å². The van der Waals surface area contributed by atoms with Crippen LogP contribution in [0.4, 0.5) is 11.4 Å². The highest BCUT2D eigenvalue weighted by molar-refractivity contribution is 6.14. The third-order valence-corrected chi connectivity index (χ3v) is 4.29. The number of nitro benzene ring substituents is 1. The van der Waals surface area contributed by atoms with E-state index in [0.29, 0.717) is 18.8 Å². The van der Waals surface area contributed by atoms with Gasteiger partial charge in [-0.3, -0.25) is 14.9 Å². The van der Waals surface area contributed by atoms with Gasteiger partial charge in [0.2, 0.25) is 0 Å². The molecule has 0 atom stereocenters. The fourth-order valence-electron chi connectivity index (χ4n) is 3.01. The molecule has 8 heteroatoms. The number of carboxylic acids is 1. The molecule has 1 fully saturated rings. The average molecular weight is 355 g/mol. The molecule has 134 valence electrons. The number of nitro groups is 1. The molecular formula is C18H17N3O5. The number of ketones is 1. The van der Waals surface area contributed by atoms with E-state index in [1.165, 1.54) is 30.3 Å². The number of hydrogen-bond acceptors (Lipinski definition) is 6. The van der Waals surface area contributed by atoms with Gasteiger partial charge in [0.25, 0.3) is 5.69 Å². The number of nitrogens with zero attached hydrogens (tertiary/aromatic N) is 2. The highest BCUT2D eigenvalue weighted by atomic mass is 16.6. The Balaban J connectivity index is 2.01. The zero-order chi connectivity index (χ0) is 18.7. The molecule has 1 saturated heterocycles. The fourth-order valence-corrected chi connectivity index (χ4v) is 3.01. The number of anilines is 1. The Morgan fingerprint density at radius 1 is 1.08 bits per heavy atom. The summed E-state index contributed by atoms with van der Waals surface area (Å²) in [6.07, 6.45) is 0. The normalized spacial score (nSPS) is 14.1. The summed E-state index contributed by atoms with van der Waals surface area (Å²) in [6, 6.07) is 10.1. The van der Waals surface area contributed by atoms with Crippen LogP contribution in [0.3, 0.4) is 0 Å². The zero-order valence-corrected chi connectivity index (χ0v) is 13.8. The molecule has 0 amide bonds. The van der Waals surface area contributed by atoms with Crippen molar-refractivity contribution in [1.82, 2.24) is 5.32 Å². The van der Waals surface area contributed by atoms with Gasteiger partial charge in [-0.25, -0.2) is 4.79 Å². The van der Waals surface area contributed by atoms with Gasteiger partial charge < -0.3 is 15.3 Å². The van der Waals surface area contributed by atoms with Crippen LogP contribution >= 0.6 is 0 Å². The summed E-state index contributed by atoms with van der Waals surface area (Å²) in [5.74, 6) is -1.78. The van der Waals surface area contributed by atoms with E-state index in [1.54, 1.807) is 12.1 Å². The molecule has 8 nitrogen and oxygen atoms in total. The SMILES string of the molecule is O=C(O)c1ccccc1C(=O)c1ccc(N2CCNCC2)c([N+](=O)[O-])c1.